The quantitative estimate of drug-likeness (QED) is 0.702. The van der Waals surface area contributed by atoms with Gasteiger partial charge in [-0.15, -0.1) is 0 Å². The van der Waals surface area contributed by atoms with E-state index < -0.39 is 0 Å². The normalized spacial score (nSPS) is 21.3. The highest BCUT2D eigenvalue weighted by molar-refractivity contribution is 4.81. The predicted octanol–water partition coefficient (Wildman–Crippen LogP) is 2.68. The molecule has 0 radical (unpaired) electrons. The molecule has 1 aliphatic heterocycles. The first-order valence-electron chi connectivity index (χ1n) is 8.57. The molecule has 1 heterocycles. The van der Waals surface area contributed by atoms with Crippen molar-refractivity contribution < 1.29 is 0 Å². The Bertz CT molecular complexity index is 249. The lowest BCUT2D eigenvalue weighted by atomic mass is 9.84. The van der Waals surface area contributed by atoms with E-state index in [2.05, 4.69) is 50.0 Å². The molecule has 0 bridgehead atoms. The number of piperidine rings is 1. The summed E-state index contributed by atoms with van der Waals surface area (Å²) in [5, 5.41) is 3.56. The molecule has 0 amide bonds. The molecule has 1 aliphatic rings. The third-order valence-corrected chi connectivity index (χ3v) is 4.71. The molecule has 0 aromatic heterocycles. The van der Waals surface area contributed by atoms with Gasteiger partial charge in [0.05, 0.1) is 0 Å². The summed E-state index contributed by atoms with van der Waals surface area (Å²) >= 11 is 0. The maximum absolute atomic E-state index is 3.56. The van der Waals surface area contributed by atoms with E-state index in [0.29, 0.717) is 5.41 Å². The highest BCUT2D eigenvalue weighted by Gasteiger charge is 2.26. The molecular weight excluding hydrogens is 246 g/mol. The van der Waals surface area contributed by atoms with Gasteiger partial charge in [0.2, 0.25) is 0 Å². The van der Waals surface area contributed by atoms with Crippen molar-refractivity contribution in [2.24, 2.45) is 11.3 Å². The minimum Gasteiger partial charge on any atom is -0.316 e. The van der Waals surface area contributed by atoms with Crippen LogP contribution in [-0.2, 0) is 0 Å². The molecule has 1 fully saturated rings. The number of nitrogens with zero attached hydrogens (tertiary/aromatic N) is 2. The van der Waals surface area contributed by atoms with E-state index in [1.54, 1.807) is 0 Å². The standard InChI is InChI=1S/C17H37N3/c1-6-10-17(3,14-18-7-2)15-20(5)13-16-8-11-19(4)12-9-16/h16,18H,6-15H2,1-5H3. The fourth-order valence-electron chi connectivity index (χ4n) is 3.66. The molecule has 20 heavy (non-hydrogen) atoms. The fraction of sp³-hybridized carbons (Fsp3) is 1.00. The molecule has 1 saturated heterocycles. The lowest BCUT2D eigenvalue weighted by molar-refractivity contribution is 0.130. The van der Waals surface area contributed by atoms with Gasteiger partial charge in [-0.2, -0.15) is 0 Å². The summed E-state index contributed by atoms with van der Waals surface area (Å²) in [7, 11) is 4.56. The van der Waals surface area contributed by atoms with Gasteiger partial charge in [0.25, 0.3) is 0 Å². The van der Waals surface area contributed by atoms with Crippen LogP contribution in [-0.4, -0.2) is 63.2 Å². The summed E-state index contributed by atoms with van der Waals surface area (Å²) in [6, 6.07) is 0. The van der Waals surface area contributed by atoms with Crippen molar-refractivity contribution in [3.8, 4) is 0 Å². The molecule has 120 valence electrons. The summed E-state index contributed by atoms with van der Waals surface area (Å²) in [6.45, 7) is 14.2. The highest BCUT2D eigenvalue weighted by atomic mass is 15.1. The van der Waals surface area contributed by atoms with Gasteiger partial charge in [-0.25, -0.2) is 0 Å². The van der Waals surface area contributed by atoms with Crippen LogP contribution in [0.15, 0.2) is 0 Å². The third kappa shape index (κ3) is 6.55. The first kappa shape index (κ1) is 17.9. The second-order valence-electron chi connectivity index (χ2n) is 7.28. The number of nitrogens with one attached hydrogen (secondary N) is 1. The summed E-state index contributed by atoms with van der Waals surface area (Å²) in [4.78, 5) is 5.05. The van der Waals surface area contributed by atoms with Crippen LogP contribution in [0.4, 0.5) is 0 Å². The SMILES string of the molecule is CCCC(C)(CNCC)CN(C)CC1CCN(C)CC1. The predicted molar refractivity (Wildman–Crippen MR) is 89.3 cm³/mol. The monoisotopic (exact) mass is 283 g/mol. The number of likely N-dealkylation sites (tertiary alicyclic amines) is 1. The topological polar surface area (TPSA) is 18.5 Å². The van der Waals surface area contributed by atoms with Crippen LogP contribution >= 0.6 is 0 Å². The number of hydrogen-bond acceptors (Lipinski definition) is 3. The molecule has 1 atom stereocenters. The Hall–Kier alpha value is -0.120. The zero-order valence-electron chi connectivity index (χ0n) is 14.5. The molecule has 0 saturated carbocycles. The molecule has 1 N–H and O–H groups in total. The van der Waals surface area contributed by atoms with E-state index in [1.165, 1.54) is 51.9 Å². The lowest BCUT2D eigenvalue weighted by Crippen LogP contribution is -2.43. The zero-order valence-corrected chi connectivity index (χ0v) is 14.5. The van der Waals surface area contributed by atoms with Crippen molar-refractivity contribution in [2.75, 3.05) is 53.4 Å². The van der Waals surface area contributed by atoms with Gasteiger partial charge < -0.3 is 15.1 Å². The highest BCUT2D eigenvalue weighted by Crippen LogP contribution is 2.25. The van der Waals surface area contributed by atoms with Gasteiger partial charge in [-0.05, 0) is 64.3 Å². The van der Waals surface area contributed by atoms with Gasteiger partial charge in [-0.1, -0.05) is 27.2 Å². The minimum atomic E-state index is 0.422. The number of rotatable bonds is 9. The smallest absolute Gasteiger partial charge is 0.00445 e. The second-order valence-corrected chi connectivity index (χ2v) is 7.28. The van der Waals surface area contributed by atoms with Crippen molar-refractivity contribution in [3.05, 3.63) is 0 Å². The van der Waals surface area contributed by atoms with E-state index in [1.807, 2.05) is 0 Å². The van der Waals surface area contributed by atoms with Crippen molar-refractivity contribution in [1.82, 2.24) is 15.1 Å². The largest absolute Gasteiger partial charge is 0.316 e. The number of hydrogen-bond donors (Lipinski definition) is 1. The van der Waals surface area contributed by atoms with Gasteiger partial charge in [0.1, 0.15) is 0 Å². The molecule has 0 aliphatic carbocycles. The fourth-order valence-corrected chi connectivity index (χ4v) is 3.66. The molecule has 0 aromatic carbocycles. The Morgan fingerprint density at radius 2 is 1.90 bits per heavy atom. The van der Waals surface area contributed by atoms with Crippen molar-refractivity contribution in [2.45, 2.75) is 46.5 Å². The molecule has 1 rings (SSSR count). The Morgan fingerprint density at radius 3 is 2.45 bits per heavy atom. The van der Waals surface area contributed by atoms with E-state index in [4.69, 9.17) is 0 Å². The van der Waals surface area contributed by atoms with E-state index in [0.717, 1.165) is 19.0 Å². The Kier molecular flexibility index (Phi) is 8.08. The Balaban J connectivity index is 2.38. The molecule has 3 heteroatoms. The minimum absolute atomic E-state index is 0.422. The van der Waals surface area contributed by atoms with E-state index >= 15 is 0 Å². The molecule has 3 nitrogen and oxygen atoms in total. The summed E-state index contributed by atoms with van der Waals surface area (Å²) in [5.74, 6) is 0.904. The zero-order chi connectivity index (χ0) is 15.0. The van der Waals surface area contributed by atoms with Gasteiger partial charge in [-0.3, -0.25) is 0 Å². The van der Waals surface area contributed by atoms with Crippen LogP contribution in [0.1, 0.15) is 46.5 Å². The van der Waals surface area contributed by atoms with Gasteiger partial charge in [0.15, 0.2) is 0 Å². The van der Waals surface area contributed by atoms with Gasteiger partial charge in [0, 0.05) is 19.6 Å². The lowest BCUT2D eigenvalue weighted by Gasteiger charge is -2.37. The average molecular weight is 284 g/mol. The first-order chi connectivity index (χ1) is 9.49. The molecular formula is C17H37N3. The second kappa shape index (κ2) is 9.01. The first-order valence-corrected chi connectivity index (χ1v) is 8.57. The van der Waals surface area contributed by atoms with Crippen LogP contribution in [0.3, 0.4) is 0 Å². The van der Waals surface area contributed by atoms with Crippen molar-refractivity contribution in [1.29, 1.82) is 0 Å². The van der Waals surface area contributed by atoms with Crippen molar-refractivity contribution >= 4 is 0 Å². The van der Waals surface area contributed by atoms with Crippen LogP contribution < -0.4 is 5.32 Å². The van der Waals surface area contributed by atoms with Crippen LogP contribution in [0.25, 0.3) is 0 Å². The Morgan fingerprint density at radius 1 is 1.25 bits per heavy atom. The molecule has 0 spiro atoms. The van der Waals surface area contributed by atoms with Crippen LogP contribution in [0.2, 0.25) is 0 Å². The third-order valence-electron chi connectivity index (χ3n) is 4.71. The van der Waals surface area contributed by atoms with Gasteiger partial charge >= 0.3 is 0 Å². The summed E-state index contributed by atoms with van der Waals surface area (Å²) in [5.41, 5.74) is 0.422. The van der Waals surface area contributed by atoms with E-state index in [9.17, 15) is 0 Å². The maximum atomic E-state index is 3.56. The average Bonchev–Trinajstić information content (AvgIpc) is 2.39. The van der Waals surface area contributed by atoms with Crippen LogP contribution in [0.5, 0.6) is 0 Å². The van der Waals surface area contributed by atoms with E-state index in [-0.39, 0.29) is 0 Å². The summed E-state index contributed by atoms with van der Waals surface area (Å²) in [6.07, 6.45) is 5.35. The molecule has 0 aromatic rings. The summed E-state index contributed by atoms with van der Waals surface area (Å²) < 4.78 is 0. The maximum Gasteiger partial charge on any atom is 0.00445 e. The van der Waals surface area contributed by atoms with Crippen LogP contribution in [0, 0.1) is 11.3 Å². The Labute approximate surface area is 127 Å². The van der Waals surface area contributed by atoms with Crippen molar-refractivity contribution in [3.63, 3.8) is 0 Å². The molecule has 1 unspecified atom stereocenters.